The summed E-state index contributed by atoms with van der Waals surface area (Å²) in [7, 11) is 0. The van der Waals surface area contributed by atoms with E-state index < -0.39 is 11.7 Å². The molecule has 0 saturated carbocycles. The molecule has 3 nitrogen and oxygen atoms in total. The third-order valence-corrected chi connectivity index (χ3v) is 4.69. The van der Waals surface area contributed by atoms with Crippen molar-refractivity contribution in [1.82, 2.24) is 0 Å². The summed E-state index contributed by atoms with van der Waals surface area (Å²) in [6.07, 6.45) is 1.16. The zero-order chi connectivity index (χ0) is 20.9. The monoisotopic (exact) mass is 440 g/mol. The molecule has 2 aromatic carbocycles. The number of alkyl halides is 3. The lowest BCUT2D eigenvalue weighted by Crippen LogP contribution is -2.13. The quantitative estimate of drug-likeness (QED) is 0.382. The van der Waals surface area contributed by atoms with Crippen molar-refractivity contribution in [2.24, 2.45) is 10.2 Å². The molecule has 0 radical (unpaired) electrons. The van der Waals surface area contributed by atoms with Gasteiger partial charge < -0.3 is 4.74 Å². The van der Waals surface area contributed by atoms with Gasteiger partial charge in [0.1, 0.15) is 16.8 Å². The molecule has 3 rings (SSSR count). The van der Waals surface area contributed by atoms with Crippen molar-refractivity contribution >= 4 is 35.1 Å². The largest absolute Gasteiger partial charge is 0.489 e. The molecule has 0 N–H and O–H groups in total. The molecule has 0 aromatic heterocycles. The van der Waals surface area contributed by atoms with E-state index >= 15 is 0 Å². The first-order chi connectivity index (χ1) is 13.8. The van der Waals surface area contributed by atoms with Crippen LogP contribution < -0.4 is 4.74 Å². The van der Waals surface area contributed by atoms with Crippen molar-refractivity contribution in [3.05, 3.63) is 75.3 Å². The number of halogens is 5. The fourth-order valence-electron chi connectivity index (χ4n) is 3.02. The fourth-order valence-corrected chi connectivity index (χ4v) is 3.14. The van der Waals surface area contributed by atoms with Gasteiger partial charge in [-0.25, -0.2) is 0 Å². The van der Waals surface area contributed by atoms with E-state index in [0.29, 0.717) is 5.56 Å². The number of rotatable bonds is 5. The minimum atomic E-state index is -4.35. The summed E-state index contributed by atoms with van der Waals surface area (Å²) < 4.78 is 43.8. The van der Waals surface area contributed by atoms with Crippen LogP contribution in [0.5, 0.6) is 5.75 Å². The molecule has 1 aliphatic rings. The Morgan fingerprint density at radius 3 is 2.52 bits per heavy atom. The maximum atomic E-state index is 12.6. The summed E-state index contributed by atoms with van der Waals surface area (Å²) in [5, 5.41) is 8.36. The van der Waals surface area contributed by atoms with Crippen LogP contribution in [-0.2, 0) is 12.6 Å². The molecular formula is C21H17Cl2F3N2O. The predicted molar refractivity (Wildman–Crippen MR) is 110 cm³/mol. The van der Waals surface area contributed by atoms with Crippen molar-refractivity contribution in [2.45, 2.75) is 25.4 Å². The van der Waals surface area contributed by atoms with E-state index in [1.165, 1.54) is 18.3 Å². The average Bonchev–Trinajstić information content (AvgIpc) is 2.68. The van der Waals surface area contributed by atoms with Crippen molar-refractivity contribution in [3.63, 3.8) is 0 Å². The lowest BCUT2D eigenvalue weighted by Gasteiger charge is -2.20. The second kappa shape index (κ2) is 9.46. The van der Waals surface area contributed by atoms with Crippen molar-refractivity contribution < 1.29 is 17.9 Å². The Labute approximate surface area is 176 Å². The van der Waals surface area contributed by atoms with Crippen LogP contribution >= 0.6 is 23.2 Å². The normalized spacial score (nSPS) is 15.4. The Bertz CT molecular complexity index is 947. The summed E-state index contributed by atoms with van der Waals surface area (Å²) in [6, 6.07) is 10.5. The van der Waals surface area contributed by atoms with E-state index in [-0.39, 0.29) is 11.1 Å². The maximum absolute atomic E-state index is 12.6. The van der Waals surface area contributed by atoms with Crippen LogP contribution in [0, 0.1) is 0 Å². The second-order valence-corrected chi connectivity index (χ2v) is 7.36. The van der Waals surface area contributed by atoms with Crippen LogP contribution in [0.1, 0.15) is 35.1 Å². The van der Waals surface area contributed by atoms with Gasteiger partial charge in [0.05, 0.1) is 17.5 Å². The Morgan fingerprint density at radius 2 is 1.83 bits per heavy atom. The van der Waals surface area contributed by atoms with Crippen LogP contribution in [0.2, 0.25) is 0 Å². The van der Waals surface area contributed by atoms with Crippen LogP contribution in [-0.4, -0.2) is 18.5 Å². The molecule has 152 valence electrons. The first-order valence-corrected chi connectivity index (χ1v) is 9.63. The predicted octanol–water partition coefficient (Wildman–Crippen LogP) is 6.56. The first-order valence-electron chi connectivity index (χ1n) is 8.88. The van der Waals surface area contributed by atoms with Crippen molar-refractivity contribution in [1.29, 1.82) is 0 Å². The van der Waals surface area contributed by atoms with Crippen LogP contribution in [0.3, 0.4) is 0 Å². The van der Waals surface area contributed by atoms with Gasteiger partial charge in [0.25, 0.3) is 0 Å². The standard InChI is InChI=1S/C21H17Cl2F3N2O/c22-20(23)11-12-29-19-6-2-3-16-17(19)4-1-5-18(16)28-27-13-14-7-9-15(10-8-14)21(24,25)26/h2-3,6-11,13H,1,4-5,12H2/b27-13-,28-18+. The number of fused-ring (bicyclic) bond motifs is 1. The Balaban J connectivity index is 1.77. The molecule has 0 bridgehead atoms. The highest BCUT2D eigenvalue weighted by Crippen LogP contribution is 2.31. The molecule has 0 saturated heterocycles. The molecule has 0 atom stereocenters. The van der Waals surface area contributed by atoms with E-state index in [1.54, 1.807) is 6.08 Å². The summed E-state index contributed by atoms with van der Waals surface area (Å²) in [5.74, 6) is 0.743. The molecule has 8 heteroatoms. The zero-order valence-corrected chi connectivity index (χ0v) is 16.7. The molecule has 0 heterocycles. The number of nitrogens with zero attached hydrogens (tertiary/aromatic N) is 2. The highest BCUT2D eigenvalue weighted by Gasteiger charge is 2.29. The van der Waals surface area contributed by atoms with E-state index in [2.05, 4.69) is 10.2 Å². The fraction of sp³-hybridized carbons (Fsp3) is 0.238. The van der Waals surface area contributed by atoms with Gasteiger partial charge in [0.15, 0.2) is 0 Å². The minimum Gasteiger partial charge on any atom is -0.489 e. The SMILES string of the molecule is FC(F)(F)c1ccc(/C=N\N=C2/CCCc3c(OCC=C(Cl)Cl)cccc32)cc1. The molecule has 0 unspecified atom stereocenters. The van der Waals surface area contributed by atoms with Crippen LogP contribution in [0.4, 0.5) is 13.2 Å². The van der Waals surface area contributed by atoms with Gasteiger partial charge in [-0.2, -0.15) is 23.4 Å². The molecule has 2 aromatic rings. The summed E-state index contributed by atoms with van der Waals surface area (Å²) in [6.45, 7) is 0.261. The lowest BCUT2D eigenvalue weighted by atomic mass is 9.89. The van der Waals surface area contributed by atoms with Gasteiger partial charge in [-0.15, -0.1) is 0 Å². The van der Waals surface area contributed by atoms with Gasteiger partial charge in [-0.3, -0.25) is 0 Å². The van der Waals surface area contributed by atoms with E-state index in [1.807, 2.05) is 18.2 Å². The van der Waals surface area contributed by atoms with Crippen molar-refractivity contribution in [3.8, 4) is 5.75 Å². The average molecular weight is 441 g/mol. The molecular weight excluding hydrogens is 424 g/mol. The van der Waals surface area contributed by atoms with E-state index in [9.17, 15) is 13.2 Å². The molecule has 1 aliphatic carbocycles. The number of benzene rings is 2. The molecule has 0 aliphatic heterocycles. The van der Waals surface area contributed by atoms with E-state index in [4.69, 9.17) is 27.9 Å². The second-order valence-electron chi connectivity index (χ2n) is 6.35. The Kier molecular flexibility index (Phi) is 6.98. The van der Waals surface area contributed by atoms with Crippen LogP contribution in [0.25, 0.3) is 0 Å². The zero-order valence-electron chi connectivity index (χ0n) is 15.2. The molecule has 0 fully saturated rings. The molecule has 29 heavy (non-hydrogen) atoms. The number of ether oxygens (including phenoxy) is 1. The van der Waals surface area contributed by atoms with Crippen molar-refractivity contribution in [2.75, 3.05) is 6.61 Å². The van der Waals surface area contributed by atoms with Gasteiger partial charge in [-0.1, -0.05) is 47.5 Å². The lowest BCUT2D eigenvalue weighted by molar-refractivity contribution is -0.137. The van der Waals surface area contributed by atoms with Gasteiger partial charge in [-0.05, 0) is 49.1 Å². The minimum absolute atomic E-state index is 0.148. The number of hydrogen-bond acceptors (Lipinski definition) is 3. The van der Waals surface area contributed by atoms with Gasteiger partial charge >= 0.3 is 6.18 Å². The summed E-state index contributed by atoms with van der Waals surface area (Å²) >= 11 is 11.2. The van der Waals surface area contributed by atoms with Gasteiger partial charge in [0, 0.05) is 11.1 Å². The maximum Gasteiger partial charge on any atom is 0.416 e. The molecule has 0 amide bonds. The van der Waals surface area contributed by atoms with Gasteiger partial charge in [0.2, 0.25) is 0 Å². The first kappa shape index (κ1) is 21.4. The Morgan fingerprint density at radius 1 is 1.07 bits per heavy atom. The number of hydrogen-bond donors (Lipinski definition) is 0. The Hall–Kier alpha value is -2.31. The third-order valence-electron chi connectivity index (χ3n) is 4.38. The van der Waals surface area contributed by atoms with E-state index in [0.717, 1.165) is 54.0 Å². The highest BCUT2D eigenvalue weighted by atomic mass is 35.5. The van der Waals surface area contributed by atoms with Crippen LogP contribution in [0.15, 0.2) is 63.2 Å². The topological polar surface area (TPSA) is 34.0 Å². The summed E-state index contributed by atoms with van der Waals surface area (Å²) in [5.41, 5.74) is 2.66. The smallest absolute Gasteiger partial charge is 0.416 e. The molecule has 0 spiro atoms. The highest BCUT2D eigenvalue weighted by molar-refractivity contribution is 6.55. The third kappa shape index (κ3) is 5.84. The summed E-state index contributed by atoms with van der Waals surface area (Å²) in [4.78, 5) is 0.